The van der Waals surface area contributed by atoms with Crippen molar-refractivity contribution in [1.82, 2.24) is 10.3 Å². The number of aromatic nitrogens is 1. The summed E-state index contributed by atoms with van der Waals surface area (Å²) in [7, 11) is 0. The Morgan fingerprint density at radius 3 is 2.68 bits per heavy atom. The van der Waals surface area contributed by atoms with Crippen molar-refractivity contribution in [2.45, 2.75) is 25.8 Å². The third-order valence-corrected chi connectivity index (χ3v) is 3.29. The number of likely N-dealkylation sites (N-methyl/N-ethyl adjacent to an activating group) is 1. The largest absolute Gasteiger partial charge is 0.310 e. The van der Waals surface area contributed by atoms with Crippen LogP contribution in [-0.2, 0) is 0 Å². The maximum Gasteiger partial charge on any atom is 0.123 e. The van der Waals surface area contributed by atoms with Gasteiger partial charge in [0.05, 0.1) is 0 Å². The van der Waals surface area contributed by atoms with E-state index < -0.39 is 0 Å². The molecular weight excluding hydrogens is 239 g/mol. The molecule has 2 nitrogen and oxygen atoms in total. The highest BCUT2D eigenvalue weighted by atomic mass is 19.1. The monoisotopic (exact) mass is 258 g/mol. The van der Waals surface area contributed by atoms with Crippen molar-refractivity contribution in [3.05, 3.63) is 65.7 Å². The summed E-state index contributed by atoms with van der Waals surface area (Å²) in [6.45, 7) is 5.00. The fraction of sp³-hybridized carbons (Fsp3) is 0.312. The minimum atomic E-state index is -0.200. The third kappa shape index (κ3) is 3.38. The summed E-state index contributed by atoms with van der Waals surface area (Å²) in [5.41, 5.74) is 1.97. The number of rotatable bonds is 5. The van der Waals surface area contributed by atoms with Gasteiger partial charge in [-0.2, -0.15) is 0 Å². The molecule has 1 heterocycles. The molecule has 0 amide bonds. The molecule has 0 saturated carbocycles. The zero-order valence-electron chi connectivity index (χ0n) is 11.3. The molecule has 0 spiro atoms. The van der Waals surface area contributed by atoms with Crippen molar-refractivity contribution in [3.8, 4) is 0 Å². The minimum Gasteiger partial charge on any atom is -0.310 e. The highest BCUT2D eigenvalue weighted by molar-refractivity contribution is 5.25. The van der Waals surface area contributed by atoms with E-state index in [-0.39, 0.29) is 17.8 Å². The molecule has 0 aliphatic rings. The van der Waals surface area contributed by atoms with Gasteiger partial charge < -0.3 is 5.32 Å². The van der Waals surface area contributed by atoms with Gasteiger partial charge in [0.25, 0.3) is 0 Å². The highest BCUT2D eigenvalue weighted by Gasteiger charge is 2.21. The molecule has 2 atom stereocenters. The minimum absolute atomic E-state index is 0.0654. The molecule has 0 aliphatic heterocycles. The molecule has 0 fully saturated rings. The van der Waals surface area contributed by atoms with Crippen LogP contribution >= 0.6 is 0 Å². The topological polar surface area (TPSA) is 24.9 Å². The number of nitrogens with zero attached hydrogens (tertiary/aromatic N) is 1. The van der Waals surface area contributed by atoms with Crippen molar-refractivity contribution in [2.75, 3.05) is 6.54 Å². The van der Waals surface area contributed by atoms with E-state index in [1.807, 2.05) is 24.3 Å². The molecule has 0 aliphatic carbocycles. The van der Waals surface area contributed by atoms with Crippen LogP contribution in [0.4, 0.5) is 4.39 Å². The van der Waals surface area contributed by atoms with Crippen LogP contribution in [0.1, 0.15) is 37.1 Å². The van der Waals surface area contributed by atoms with Crippen molar-refractivity contribution in [2.24, 2.45) is 0 Å². The zero-order chi connectivity index (χ0) is 13.7. The van der Waals surface area contributed by atoms with E-state index in [2.05, 4.69) is 24.1 Å². The highest BCUT2D eigenvalue weighted by Crippen LogP contribution is 2.29. The maximum absolute atomic E-state index is 13.4. The standard InChI is InChI=1S/C16H19FN2/c1-3-18-16(13-7-6-8-14(17)11-13)12(2)15-9-4-5-10-19-15/h4-12,16,18H,3H2,1-2H3. The lowest BCUT2D eigenvalue weighted by molar-refractivity contribution is 0.469. The second kappa shape index (κ2) is 6.43. The molecule has 3 heteroatoms. The maximum atomic E-state index is 13.4. The summed E-state index contributed by atoms with van der Waals surface area (Å²) in [6, 6.07) is 12.7. The van der Waals surface area contributed by atoms with Crippen LogP contribution < -0.4 is 5.32 Å². The van der Waals surface area contributed by atoms with Crippen LogP contribution in [-0.4, -0.2) is 11.5 Å². The van der Waals surface area contributed by atoms with Gasteiger partial charge in [-0.15, -0.1) is 0 Å². The van der Waals surface area contributed by atoms with Gasteiger partial charge in [0.2, 0.25) is 0 Å². The number of benzene rings is 1. The number of hydrogen-bond donors (Lipinski definition) is 1. The van der Waals surface area contributed by atoms with E-state index >= 15 is 0 Å². The zero-order valence-corrected chi connectivity index (χ0v) is 11.3. The Balaban J connectivity index is 2.30. The molecular formula is C16H19FN2. The van der Waals surface area contributed by atoms with Gasteiger partial charge in [0, 0.05) is 23.9 Å². The van der Waals surface area contributed by atoms with E-state index in [9.17, 15) is 4.39 Å². The first kappa shape index (κ1) is 13.7. The molecule has 2 aromatic rings. The average molecular weight is 258 g/mol. The molecule has 2 rings (SSSR count). The van der Waals surface area contributed by atoms with E-state index in [4.69, 9.17) is 0 Å². The fourth-order valence-electron chi connectivity index (χ4n) is 2.32. The van der Waals surface area contributed by atoms with Gasteiger partial charge >= 0.3 is 0 Å². The Hall–Kier alpha value is -1.74. The van der Waals surface area contributed by atoms with Gasteiger partial charge in [-0.3, -0.25) is 4.98 Å². The molecule has 0 bridgehead atoms. The van der Waals surface area contributed by atoms with E-state index in [0.717, 1.165) is 17.8 Å². The normalized spacial score (nSPS) is 14.1. The predicted molar refractivity (Wildman–Crippen MR) is 75.5 cm³/mol. The quantitative estimate of drug-likeness (QED) is 0.885. The molecule has 100 valence electrons. The van der Waals surface area contributed by atoms with Crippen LogP contribution in [0, 0.1) is 5.82 Å². The van der Waals surface area contributed by atoms with Gasteiger partial charge in [0.15, 0.2) is 0 Å². The summed E-state index contributed by atoms with van der Waals surface area (Å²) in [6.07, 6.45) is 1.79. The molecule has 2 unspecified atom stereocenters. The van der Waals surface area contributed by atoms with Crippen molar-refractivity contribution in [3.63, 3.8) is 0 Å². The number of pyridine rings is 1. The van der Waals surface area contributed by atoms with Crippen LogP contribution in [0.25, 0.3) is 0 Å². The van der Waals surface area contributed by atoms with Crippen LogP contribution in [0.5, 0.6) is 0 Å². The summed E-state index contributed by atoms with van der Waals surface area (Å²) >= 11 is 0. The third-order valence-electron chi connectivity index (χ3n) is 3.29. The van der Waals surface area contributed by atoms with Crippen molar-refractivity contribution in [1.29, 1.82) is 0 Å². The van der Waals surface area contributed by atoms with Crippen LogP contribution in [0.2, 0.25) is 0 Å². The van der Waals surface area contributed by atoms with Crippen molar-refractivity contribution < 1.29 is 4.39 Å². The summed E-state index contributed by atoms with van der Waals surface area (Å²) in [4.78, 5) is 4.40. The number of halogens is 1. The van der Waals surface area contributed by atoms with Crippen LogP contribution in [0.3, 0.4) is 0 Å². The lowest BCUT2D eigenvalue weighted by Crippen LogP contribution is -2.26. The second-order valence-corrected chi connectivity index (χ2v) is 4.63. The van der Waals surface area contributed by atoms with E-state index in [1.165, 1.54) is 6.07 Å². The van der Waals surface area contributed by atoms with Gasteiger partial charge in [0.1, 0.15) is 5.82 Å². The first-order valence-electron chi connectivity index (χ1n) is 6.62. The Bertz CT molecular complexity index is 513. The number of nitrogens with one attached hydrogen (secondary N) is 1. The Morgan fingerprint density at radius 2 is 2.05 bits per heavy atom. The molecule has 0 radical (unpaired) electrons. The smallest absolute Gasteiger partial charge is 0.123 e. The fourth-order valence-corrected chi connectivity index (χ4v) is 2.32. The Labute approximate surface area is 113 Å². The Morgan fingerprint density at radius 1 is 1.21 bits per heavy atom. The van der Waals surface area contributed by atoms with Gasteiger partial charge in [-0.1, -0.05) is 32.0 Å². The molecule has 1 N–H and O–H groups in total. The predicted octanol–water partition coefficient (Wildman–Crippen LogP) is 3.68. The van der Waals surface area contributed by atoms with Crippen molar-refractivity contribution >= 4 is 0 Å². The molecule has 1 aromatic carbocycles. The average Bonchev–Trinajstić information content (AvgIpc) is 2.45. The van der Waals surface area contributed by atoms with E-state index in [0.29, 0.717) is 0 Å². The summed E-state index contributed by atoms with van der Waals surface area (Å²) < 4.78 is 13.4. The summed E-state index contributed by atoms with van der Waals surface area (Å²) in [5, 5.41) is 3.42. The first-order chi connectivity index (χ1) is 9.22. The number of hydrogen-bond acceptors (Lipinski definition) is 2. The van der Waals surface area contributed by atoms with Gasteiger partial charge in [-0.25, -0.2) is 4.39 Å². The van der Waals surface area contributed by atoms with Crippen LogP contribution in [0.15, 0.2) is 48.7 Å². The second-order valence-electron chi connectivity index (χ2n) is 4.63. The first-order valence-corrected chi connectivity index (χ1v) is 6.62. The molecule has 1 aromatic heterocycles. The Kier molecular flexibility index (Phi) is 4.63. The summed E-state index contributed by atoms with van der Waals surface area (Å²) in [5.74, 6) is -0.0171. The molecule has 19 heavy (non-hydrogen) atoms. The van der Waals surface area contributed by atoms with Gasteiger partial charge in [-0.05, 0) is 36.4 Å². The lowest BCUT2D eigenvalue weighted by atomic mass is 9.91. The van der Waals surface area contributed by atoms with E-state index in [1.54, 1.807) is 18.3 Å². The SMILES string of the molecule is CCNC(c1cccc(F)c1)C(C)c1ccccn1. The molecule has 0 saturated heterocycles. The lowest BCUT2D eigenvalue weighted by Gasteiger charge is -2.25.